The third-order valence-corrected chi connectivity index (χ3v) is 9.25. The third kappa shape index (κ3) is 4.56. The Kier molecular flexibility index (Phi) is 6.44. The van der Waals surface area contributed by atoms with Gasteiger partial charge in [0.25, 0.3) is 11.8 Å². The first-order valence-corrected chi connectivity index (χ1v) is 14.1. The fourth-order valence-electron chi connectivity index (χ4n) is 6.32. The summed E-state index contributed by atoms with van der Waals surface area (Å²) in [6.45, 7) is 1.87. The minimum atomic E-state index is -2.77. The maximum Gasteiger partial charge on any atom is 0.310 e. The molecule has 4 aliphatic carbocycles. The number of fused-ring (bicyclic) bond motifs is 4. The summed E-state index contributed by atoms with van der Waals surface area (Å²) in [5.41, 5.74) is 1.89. The summed E-state index contributed by atoms with van der Waals surface area (Å²) in [5, 5.41) is 18.1. The molecule has 4 aliphatic rings. The number of aliphatic carboxylic acids is 1. The summed E-state index contributed by atoms with van der Waals surface area (Å²) in [4.78, 5) is 36.8. The molecule has 1 aromatic heterocycles. The molecule has 10 heteroatoms. The standard InChI is InChI=1S/C30H28BrF2N3O4/c1-17-24(21-13-19(31)7-8-22(21)34-25(17)18-5-3-2-4-6-18)26(37)35-29-11-9-28(10-12-29,27(38)39)16-23(29)36-40-20-14-30(32,33)15-20/h2-8,13,20H,9-12,14-16H2,1H3,(H,35,37)(H,38,39)/b36-23+. The number of amides is 1. The number of aromatic nitrogens is 1. The average molecular weight is 612 g/mol. The zero-order chi connectivity index (χ0) is 28.3. The van der Waals surface area contributed by atoms with Crippen molar-refractivity contribution in [3.63, 3.8) is 0 Å². The highest BCUT2D eigenvalue weighted by Gasteiger charge is 2.58. The molecule has 0 unspecified atom stereocenters. The Morgan fingerprint density at radius 3 is 2.45 bits per heavy atom. The summed E-state index contributed by atoms with van der Waals surface area (Å²) < 4.78 is 27.6. The highest BCUT2D eigenvalue weighted by molar-refractivity contribution is 9.10. The van der Waals surface area contributed by atoms with Gasteiger partial charge >= 0.3 is 5.97 Å². The smallest absolute Gasteiger partial charge is 0.310 e. The van der Waals surface area contributed by atoms with Crippen molar-refractivity contribution in [1.29, 1.82) is 0 Å². The monoisotopic (exact) mass is 611 g/mol. The van der Waals surface area contributed by atoms with Gasteiger partial charge in [-0.1, -0.05) is 51.4 Å². The maximum atomic E-state index is 14.2. The third-order valence-electron chi connectivity index (χ3n) is 8.75. The van der Waals surface area contributed by atoms with E-state index in [0.717, 1.165) is 10.0 Å². The van der Waals surface area contributed by atoms with Crippen molar-refractivity contribution in [3.8, 4) is 11.3 Å². The van der Waals surface area contributed by atoms with Crippen LogP contribution < -0.4 is 5.32 Å². The quantitative estimate of drug-likeness (QED) is 0.304. The first kappa shape index (κ1) is 26.8. The molecule has 3 aromatic rings. The molecule has 0 aliphatic heterocycles. The lowest BCUT2D eigenvalue weighted by atomic mass is 9.56. The van der Waals surface area contributed by atoms with Crippen molar-refractivity contribution >= 4 is 44.4 Å². The van der Waals surface area contributed by atoms with Crippen LogP contribution in [0.1, 0.15) is 60.9 Å². The Bertz CT molecular complexity index is 1540. The van der Waals surface area contributed by atoms with Gasteiger partial charge in [-0.3, -0.25) is 9.59 Å². The molecule has 0 spiro atoms. The van der Waals surface area contributed by atoms with Gasteiger partial charge in [-0.2, -0.15) is 0 Å². The minimum absolute atomic E-state index is 0.0998. The van der Waals surface area contributed by atoms with Crippen LogP contribution in [0.5, 0.6) is 0 Å². The van der Waals surface area contributed by atoms with E-state index in [1.165, 1.54) is 0 Å². The highest BCUT2D eigenvalue weighted by atomic mass is 79.9. The molecular weight excluding hydrogens is 584 g/mol. The molecule has 0 radical (unpaired) electrons. The molecule has 2 aromatic carbocycles. The lowest BCUT2D eigenvalue weighted by Gasteiger charge is -2.51. The summed E-state index contributed by atoms with van der Waals surface area (Å²) >= 11 is 3.51. The van der Waals surface area contributed by atoms with E-state index >= 15 is 0 Å². The number of halogens is 3. The molecule has 0 atom stereocenters. The number of carbonyl (C=O) groups is 2. The van der Waals surface area contributed by atoms with Crippen LogP contribution in [-0.4, -0.2) is 45.2 Å². The molecule has 4 fully saturated rings. The van der Waals surface area contributed by atoms with E-state index in [1.54, 1.807) is 0 Å². The zero-order valence-corrected chi connectivity index (χ0v) is 23.4. The molecule has 1 amide bonds. The first-order valence-electron chi connectivity index (χ1n) is 13.3. The van der Waals surface area contributed by atoms with E-state index in [9.17, 15) is 23.5 Å². The second-order valence-corrected chi connectivity index (χ2v) is 12.2. The number of nitrogens with zero attached hydrogens (tertiary/aromatic N) is 2. The Labute approximate surface area is 238 Å². The number of carboxylic acid groups (broad SMARTS) is 1. The van der Waals surface area contributed by atoms with Crippen LogP contribution >= 0.6 is 15.9 Å². The Balaban J connectivity index is 1.39. The number of pyridine rings is 1. The molecular formula is C30H28BrF2N3O4. The van der Waals surface area contributed by atoms with Crippen molar-refractivity contribution in [2.45, 2.75) is 69.4 Å². The summed E-state index contributed by atoms with van der Waals surface area (Å²) in [7, 11) is 0. The molecule has 1 heterocycles. The van der Waals surface area contributed by atoms with Crippen molar-refractivity contribution in [3.05, 3.63) is 64.1 Å². The number of nitrogens with one attached hydrogen (secondary N) is 1. The molecule has 40 heavy (non-hydrogen) atoms. The fraction of sp³-hybridized carbons (Fsp3) is 0.400. The second kappa shape index (κ2) is 9.61. The van der Waals surface area contributed by atoms with Gasteiger partial charge in [0.15, 0.2) is 0 Å². The Morgan fingerprint density at radius 1 is 1.10 bits per heavy atom. The molecule has 2 N–H and O–H groups in total. The molecule has 4 saturated carbocycles. The summed E-state index contributed by atoms with van der Waals surface area (Å²) in [6.07, 6.45) is 0.00650. The molecule has 0 saturated heterocycles. The first-order chi connectivity index (χ1) is 19.0. The SMILES string of the molecule is Cc1c(-c2ccccc2)nc2ccc(Br)cc2c1C(=O)NC12CCC(C(=O)O)(CC1)C/C2=N\OC1CC(F)(F)C1. The second-order valence-electron chi connectivity index (χ2n) is 11.3. The normalized spacial score (nSPS) is 26.4. The van der Waals surface area contributed by atoms with E-state index in [1.807, 2.05) is 55.5 Å². The predicted octanol–water partition coefficient (Wildman–Crippen LogP) is 6.66. The van der Waals surface area contributed by atoms with Crippen molar-refractivity contribution in [1.82, 2.24) is 10.3 Å². The largest absolute Gasteiger partial charge is 0.481 e. The predicted molar refractivity (Wildman–Crippen MR) is 149 cm³/mol. The minimum Gasteiger partial charge on any atom is -0.481 e. The van der Waals surface area contributed by atoms with E-state index in [0.29, 0.717) is 59.1 Å². The van der Waals surface area contributed by atoms with Gasteiger partial charge in [0.1, 0.15) is 6.10 Å². The number of rotatable bonds is 6. The van der Waals surface area contributed by atoms with Crippen molar-refractivity contribution in [2.24, 2.45) is 10.6 Å². The topological polar surface area (TPSA) is 101 Å². The van der Waals surface area contributed by atoms with Gasteiger partial charge in [-0.25, -0.2) is 13.8 Å². The summed E-state index contributed by atoms with van der Waals surface area (Å²) in [6, 6.07) is 15.2. The molecule has 208 valence electrons. The van der Waals surface area contributed by atoms with Crippen LogP contribution in [0.25, 0.3) is 22.2 Å². The fourth-order valence-corrected chi connectivity index (χ4v) is 6.68. The number of oxime groups is 1. The van der Waals surface area contributed by atoms with Crippen LogP contribution in [-0.2, 0) is 9.63 Å². The van der Waals surface area contributed by atoms with E-state index in [-0.39, 0.29) is 12.3 Å². The van der Waals surface area contributed by atoms with Crippen LogP contribution in [0.15, 0.2) is 58.2 Å². The zero-order valence-electron chi connectivity index (χ0n) is 21.8. The van der Waals surface area contributed by atoms with Crippen LogP contribution in [0.2, 0.25) is 0 Å². The molecule has 2 bridgehead atoms. The van der Waals surface area contributed by atoms with Gasteiger partial charge in [0.05, 0.1) is 46.3 Å². The lowest BCUT2D eigenvalue weighted by molar-refractivity contribution is -0.166. The van der Waals surface area contributed by atoms with Crippen molar-refractivity contribution in [2.75, 3.05) is 0 Å². The van der Waals surface area contributed by atoms with E-state index < -0.39 is 41.8 Å². The maximum absolute atomic E-state index is 14.2. The number of benzene rings is 2. The summed E-state index contributed by atoms with van der Waals surface area (Å²) in [5.74, 6) is -4.01. The highest BCUT2D eigenvalue weighted by Crippen LogP contribution is 2.52. The van der Waals surface area contributed by atoms with Gasteiger partial charge in [-0.15, -0.1) is 0 Å². The van der Waals surface area contributed by atoms with E-state index in [2.05, 4.69) is 26.4 Å². The lowest BCUT2D eigenvalue weighted by Crippen LogP contribution is -2.64. The average Bonchev–Trinajstić information content (AvgIpc) is 2.91. The number of alkyl halides is 2. The number of hydrogen-bond donors (Lipinski definition) is 2. The number of carbonyl (C=O) groups excluding carboxylic acids is 1. The van der Waals surface area contributed by atoms with Crippen LogP contribution in [0, 0.1) is 12.3 Å². The number of hydrogen-bond acceptors (Lipinski definition) is 5. The number of carboxylic acids is 1. The molecule has 7 nitrogen and oxygen atoms in total. The Morgan fingerprint density at radius 2 is 1.80 bits per heavy atom. The van der Waals surface area contributed by atoms with Gasteiger partial charge in [0.2, 0.25) is 0 Å². The Hall–Kier alpha value is -3.40. The van der Waals surface area contributed by atoms with Gasteiger partial charge in [-0.05, 0) is 56.4 Å². The van der Waals surface area contributed by atoms with Gasteiger partial charge < -0.3 is 15.3 Å². The van der Waals surface area contributed by atoms with Gasteiger partial charge in [0, 0.05) is 21.8 Å². The van der Waals surface area contributed by atoms with Crippen molar-refractivity contribution < 1.29 is 28.3 Å². The van der Waals surface area contributed by atoms with Crippen LogP contribution in [0.3, 0.4) is 0 Å². The van der Waals surface area contributed by atoms with Crippen LogP contribution in [0.4, 0.5) is 8.78 Å². The molecule has 7 rings (SSSR count). The van der Waals surface area contributed by atoms with E-state index in [4.69, 9.17) is 9.82 Å².